The lowest BCUT2D eigenvalue weighted by Gasteiger charge is -2.39. The van der Waals surface area contributed by atoms with E-state index in [9.17, 15) is 18.0 Å². The molecule has 1 saturated heterocycles. The number of hydrogen-bond donors (Lipinski definition) is 2. The average Bonchev–Trinajstić information content (AvgIpc) is 2.96. The summed E-state index contributed by atoms with van der Waals surface area (Å²) in [5.41, 5.74) is 7.90. The first-order valence-corrected chi connectivity index (χ1v) is 13.8. The normalized spacial score (nSPS) is 23.8. The highest BCUT2D eigenvalue weighted by atomic mass is 32.2. The second-order valence-corrected chi connectivity index (χ2v) is 15.3. The molecule has 1 aliphatic rings. The number of aromatic nitrogens is 2. The first-order chi connectivity index (χ1) is 13.6. The highest BCUT2D eigenvalue weighted by molar-refractivity contribution is 7.89. The van der Waals surface area contributed by atoms with Crippen molar-refractivity contribution in [2.75, 3.05) is 0 Å². The van der Waals surface area contributed by atoms with E-state index in [4.69, 9.17) is 19.8 Å². The van der Waals surface area contributed by atoms with E-state index < -0.39 is 53.4 Å². The second-order valence-electron chi connectivity index (χ2n) is 8.87. The van der Waals surface area contributed by atoms with Crippen molar-refractivity contribution in [1.82, 2.24) is 9.55 Å². The summed E-state index contributed by atoms with van der Waals surface area (Å²) >= 11 is 0. The van der Waals surface area contributed by atoms with E-state index in [2.05, 4.69) is 15.0 Å². The van der Waals surface area contributed by atoms with Gasteiger partial charge in [-0.2, -0.15) is 0 Å². The van der Waals surface area contributed by atoms with Gasteiger partial charge in [-0.25, -0.2) is 18.4 Å². The van der Waals surface area contributed by atoms with Gasteiger partial charge < -0.3 is 9.16 Å². The van der Waals surface area contributed by atoms with Gasteiger partial charge in [0.1, 0.15) is 12.3 Å². The molecule has 0 radical (unpaired) electrons. The highest BCUT2D eigenvalue weighted by Gasteiger charge is 2.49. The van der Waals surface area contributed by atoms with Crippen molar-refractivity contribution < 1.29 is 17.6 Å². The summed E-state index contributed by atoms with van der Waals surface area (Å²) in [6.45, 7) is 11.5. The third-order valence-electron chi connectivity index (χ3n) is 5.61. The van der Waals surface area contributed by atoms with Crippen LogP contribution in [0.1, 0.15) is 39.0 Å². The molecule has 2 heterocycles. The molecule has 0 aromatic carbocycles. The molecule has 1 unspecified atom stereocenters. The van der Waals surface area contributed by atoms with Crippen LogP contribution in [-0.4, -0.2) is 43.9 Å². The summed E-state index contributed by atoms with van der Waals surface area (Å²) in [5.74, 6) is 0. The van der Waals surface area contributed by atoms with Crippen molar-refractivity contribution in [1.29, 1.82) is 0 Å². The Bertz CT molecular complexity index is 1070. The molecule has 168 valence electrons. The minimum Gasteiger partial charge on any atom is -0.411 e. The number of primary sulfonamides is 1. The Balaban J connectivity index is 2.53. The Morgan fingerprint density at radius 3 is 2.53 bits per heavy atom. The first-order valence-electron chi connectivity index (χ1n) is 9.29. The van der Waals surface area contributed by atoms with Crippen molar-refractivity contribution in [3.63, 3.8) is 0 Å². The third kappa shape index (κ3) is 5.02. The van der Waals surface area contributed by atoms with Crippen molar-refractivity contribution in [2.24, 2.45) is 10.3 Å². The van der Waals surface area contributed by atoms with Crippen molar-refractivity contribution in [3.05, 3.63) is 43.0 Å². The molecule has 0 aliphatic carbocycles. The van der Waals surface area contributed by atoms with Gasteiger partial charge in [-0.3, -0.25) is 14.3 Å². The van der Waals surface area contributed by atoms with Gasteiger partial charge in [-0.1, -0.05) is 25.9 Å². The zero-order chi connectivity index (χ0) is 23.1. The number of azide groups is 1. The van der Waals surface area contributed by atoms with Crippen LogP contribution in [-0.2, 0) is 19.2 Å². The maximum absolute atomic E-state index is 12.3. The molecular formula is C16H28N6O6SSi. The Labute approximate surface area is 175 Å². The molecular weight excluding hydrogens is 432 g/mol. The van der Waals surface area contributed by atoms with Gasteiger partial charge in [0.2, 0.25) is 10.0 Å². The molecule has 1 aromatic rings. The lowest BCUT2D eigenvalue weighted by molar-refractivity contribution is -0.0193. The van der Waals surface area contributed by atoms with E-state index in [-0.39, 0.29) is 17.0 Å². The molecule has 14 heteroatoms. The molecule has 1 fully saturated rings. The van der Waals surface area contributed by atoms with E-state index in [0.717, 1.165) is 4.57 Å². The summed E-state index contributed by atoms with van der Waals surface area (Å²) in [6, 6.07) is 0. The largest absolute Gasteiger partial charge is 0.411 e. The van der Waals surface area contributed by atoms with Crippen LogP contribution in [0.25, 0.3) is 10.4 Å². The number of hydrogen-bond acceptors (Lipinski definition) is 7. The number of nitrogens with one attached hydrogen (secondary N) is 1. The van der Waals surface area contributed by atoms with Crippen molar-refractivity contribution >= 4 is 18.3 Å². The van der Waals surface area contributed by atoms with Gasteiger partial charge >= 0.3 is 5.69 Å². The molecule has 1 aliphatic heterocycles. The monoisotopic (exact) mass is 460 g/mol. The topological polar surface area (TPSA) is 182 Å². The number of aryl methyl sites for hydroxylation is 1. The molecule has 0 spiro atoms. The molecule has 1 aromatic heterocycles. The van der Waals surface area contributed by atoms with Gasteiger partial charge in [-0.05, 0) is 30.6 Å². The van der Waals surface area contributed by atoms with Gasteiger partial charge in [0, 0.05) is 23.1 Å². The smallest absolute Gasteiger partial charge is 0.330 e. The Kier molecular flexibility index (Phi) is 6.71. The number of nitrogens with two attached hydrogens (primary N) is 1. The van der Waals surface area contributed by atoms with Crippen LogP contribution in [0.5, 0.6) is 0 Å². The van der Waals surface area contributed by atoms with Crippen LogP contribution in [0, 0.1) is 6.92 Å². The van der Waals surface area contributed by atoms with Gasteiger partial charge in [0.25, 0.3) is 5.56 Å². The second kappa shape index (κ2) is 8.28. The summed E-state index contributed by atoms with van der Waals surface area (Å²) in [6.07, 6.45) is -1.53. The number of ether oxygens (including phenoxy) is 1. The fraction of sp³-hybridized carbons (Fsp3) is 0.750. The molecule has 30 heavy (non-hydrogen) atoms. The van der Waals surface area contributed by atoms with E-state index in [1.54, 1.807) is 0 Å². The van der Waals surface area contributed by atoms with Crippen molar-refractivity contribution in [2.45, 2.75) is 76.1 Å². The lowest BCUT2D eigenvalue weighted by Crippen LogP contribution is -2.50. The summed E-state index contributed by atoms with van der Waals surface area (Å²) in [5, 5.41) is 6.69. The van der Waals surface area contributed by atoms with Gasteiger partial charge in [0.15, 0.2) is 13.7 Å². The SMILES string of the molecule is Cc1cn([C@H]2C[C@H](O[Si](C)(C)C(C)(C)C)[C@@H](C(N=[N+]=[N-])S(N)(=O)=O)O2)c(=O)[nH]c1=O. The van der Waals surface area contributed by atoms with E-state index >= 15 is 0 Å². The molecule has 3 N–H and O–H groups in total. The van der Waals surface area contributed by atoms with Crippen LogP contribution >= 0.6 is 0 Å². The molecule has 0 bridgehead atoms. The van der Waals surface area contributed by atoms with E-state index in [0.29, 0.717) is 0 Å². The van der Waals surface area contributed by atoms with Crippen LogP contribution < -0.4 is 16.4 Å². The van der Waals surface area contributed by atoms with Crippen LogP contribution in [0.4, 0.5) is 0 Å². The van der Waals surface area contributed by atoms with E-state index in [1.807, 2.05) is 33.9 Å². The number of nitrogens with zero attached hydrogens (tertiary/aromatic N) is 4. The minimum atomic E-state index is -4.32. The minimum absolute atomic E-state index is 0.107. The summed E-state index contributed by atoms with van der Waals surface area (Å²) < 4.78 is 37.6. The molecule has 0 saturated carbocycles. The zero-order valence-corrected chi connectivity index (χ0v) is 19.6. The maximum Gasteiger partial charge on any atom is 0.330 e. The van der Waals surface area contributed by atoms with Gasteiger partial charge in [0.05, 0.1) is 6.10 Å². The Morgan fingerprint density at radius 2 is 2.03 bits per heavy atom. The van der Waals surface area contributed by atoms with E-state index in [1.165, 1.54) is 13.1 Å². The van der Waals surface area contributed by atoms with Crippen LogP contribution in [0.15, 0.2) is 20.9 Å². The molecule has 2 rings (SSSR count). The summed E-state index contributed by atoms with van der Waals surface area (Å²) in [7, 11) is -6.72. The lowest BCUT2D eigenvalue weighted by atomic mass is 10.2. The van der Waals surface area contributed by atoms with Crippen LogP contribution in [0.2, 0.25) is 18.1 Å². The third-order valence-corrected chi connectivity index (χ3v) is 11.1. The fourth-order valence-corrected chi connectivity index (χ4v) is 5.05. The average molecular weight is 461 g/mol. The maximum atomic E-state index is 12.3. The number of sulfonamides is 1. The van der Waals surface area contributed by atoms with Gasteiger partial charge in [-0.15, -0.1) is 0 Å². The quantitative estimate of drug-likeness (QED) is 0.280. The van der Waals surface area contributed by atoms with Crippen molar-refractivity contribution in [3.8, 4) is 0 Å². The molecule has 12 nitrogen and oxygen atoms in total. The van der Waals surface area contributed by atoms with Crippen LogP contribution in [0.3, 0.4) is 0 Å². The predicted molar refractivity (Wildman–Crippen MR) is 113 cm³/mol. The number of rotatable bonds is 6. The summed E-state index contributed by atoms with van der Waals surface area (Å²) in [4.78, 5) is 28.8. The Morgan fingerprint density at radius 1 is 1.43 bits per heavy atom. The standard InChI is InChI=1S/C16H28N6O6SSi/c1-9-8-22(15(24)19-13(9)23)11-7-10(28-30(5,6)16(2,3)4)12(27-11)14(20-21-17)29(18,25)26/h8,10-12,14H,7H2,1-6H3,(H2,18,25,26)(H,19,23,24)/t10-,11+,12-,14?/m0/s1. The zero-order valence-electron chi connectivity index (χ0n) is 17.8. The highest BCUT2D eigenvalue weighted by Crippen LogP contribution is 2.42. The number of H-pyrrole nitrogens is 1. The Hall–Kier alpha value is -1.96. The number of aromatic amines is 1. The first kappa shape index (κ1) is 24.3. The fourth-order valence-electron chi connectivity index (χ4n) is 2.93. The predicted octanol–water partition coefficient (Wildman–Crippen LogP) is 1.45. The molecule has 4 atom stereocenters. The molecule has 0 amide bonds.